The topological polar surface area (TPSA) is 45.2 Å². The average Bonchev–Trinajstić information content (AvgIpc) is 2.67. The van der Waals surface area contributed by atoms with Crippen LogP contribution in [0.2, 0.25) is 0 Å². The second kappa shape index (κ2) is 3.45. The first-order chi connectivity index (χ1) is 8.42. The summed E-state index contributed by atoms with van der Waals surface area (Å²) >= 11 is 0. The lowest BCUT2D eigenvalue weighted by Gasteiger charge is -2.30. The van der Waals surface area contributed by atoms with Crippen LogP contribution < -0.4 is 0 Å². The van der Waals surface area contributed by atoms with Crippen LogP contribution in [-0.2, 0) is 16.8 Å². The number of hydrogen-bond acceptors (Lipinski definition) is 2. The molecule has 0 radical (unpaired) electrons. The van der Waals surface area contributed by atoms with Crippen LogP contribution in [0.5, 0.6) is 5.75 Å². The number of phenolic OH excluding ortho intramolecular Hbond substituents is 1. The highest BCUT2D eigenvalue weighted by Crippen LogP contribution is 2.41. The van der Waals surface area contributed by atoms with Crippen LogP contribution in [0, 0.1) is 11.6 Å². The van der Waals surface area contributed by atoms with E-state index in [4.69, 9.17) is 4.74 Å². The van der Waals surface area contributed by atoms with Crippen LogP contribution in [0.3, 0.4) is 0 Å². The fourth-order valence-corrected chi connectivity index (χ4v) is 2.67. The van der Waals surface area contributed by atoms with E-state index in [-0.39, 0.29) is 10.9 Å². The number of fused-ring (bicyclic) bond motifs is 3. The molecular weight excluding hydrogens is 240 g/mol. The van der Waals surface area contributed by atoms with Gasteiger partial charge in [-0.25, -0.2) is 8.78 Å². The maximum Gasteiger partial charge on any atom is 0.174 e. The van der Waals surface area contributed by atoms with Crippen LogP contribution in [0.4, 0.5) is 8.78 Å². The summed E-state index contributed by atoms with van der Waals surface area (Å²) in [5.74, 6) is -2.14. The predicted molar refractivity (Wildman–Crippen MR) is 62.6 cm³/mol. The molecule has 18 heavy (non-hydrogen) atoms. The normalized spacial score (nSPS) is 18.0. The number of aromatic nitrogens is 1. The zero-order valence-corrected chi connectivity index (χ0v) is 10.1. The third-order valence-corrected chi connectivity index (χ3v) is 3.44. The molecule has 3 rings (SSSR count). The van der Waals surface area contributed by atoms with Crippen molar-refractivity contribution in [2.45, 2.75) is 25.9 Å². The van der Waals surface area contributed by atoms with E-state index >= 15 is 0 Å². The maximum absolute atomic E-state index is 14.1. The molecule has 1 aliphatic rings. The Bertz CT molecular complexity index is 646. The van der Waals surface area contributed by atoms with Crippen molar-refractivity contribution in [3.63, 3.8) is 0 Å². The average molecular weight is 253 g/mol. The highest BCUT2D eigenvalue weighted by Gasteiger charge is 2.34. The number of rotatable bonds is 0. The fourth-order valence-electron chi connectivity index (χ4n) is 2.67. The van der Waals surface area contributed by atoms with Gasteiger partial charge in [-0.15, -0.1) is 0 Å². The molecule has 0 spiro atoms. The summed E-state index contributed by atoms with van der Waals surface area (Å²) in [6.07, 6.45) is 0.576. The predicted octanol–water partition coefficient (Wildman–Crippen LogP) is 2.96. The number of hydrogen-bond donors (Lipinski definition) is 2. The summed E-state index contributed by atoms with van der Waals surface area (Å²) in [6, 6.07) is 0.785. The van der Waals surface area contributed by atoms with Crippen molar-refractivity contribution in [3.8, 4) is 5.75 Å². The first-order valence-electron chi connectivity index (χ1n) is 5.78. The van der Waals surface area contributed by atoms with Gasteiger partial charge in [-0.3, -0.25) is 0 Å². The van der Waals surface area contributed by atoms with Crippen molar-refractivity contribution in [1.82, 2.24) is 4.98 Å². The molecule has 0 fully saturated rings. The minimum atomic E-state index is -0.803. The third-order valence-electron chi connectivity index (χ3n) is 3.44. The quantitative estimate of drug-likeness (QED) is 0.758. The van der Waals surface area contributed by atoms with Gasteiger partial charge in [-0.1, -0.05) is 0 Å². The highest BCUT2D eigenvalue weighted by atomic mass is 19.1. The van der Waals surface area contributed by atoms with E-state index in [2.05, 4.69) is 4.98 Å². The maximum atomic E-state index is 14.1. The summed E-state index contributed by atoms with van der Waals surface area (Å²) in [6.45, 7) is 4.11. The van der Waals surface area contributed by atoms with Gasteiger partial charge in [0.05, 0.1) is 17.7 Å². The van der Waals surface area contributed by atoms with Gasteiger partial charge in [-0.2, -0.15) is 0 Å². The molecule has 5 heteroatoms. The Balaban J connectivity index is 2.48. The summed E-state index contributed by atoms with van der Waals surface area (Å²) in [5, 5.41) is 9.51. The lowest BCUT2D eigenvalue weighted by Crippen LogP contribution is -2.28. The van der Waals surface area contributed by atoms with Crippen LogP contribution >= 0.6 is 0 Å². The number of nitrogens with one attached hydrogen (secondary N) is 1. The molecule has 2 heterocycles. The van der Waals surface area contributed by atoms with Crippen molar-refractivity contribution in [1.29, 1.82) is 0 Å². The van der Waals surface area contributed by atoms with Crippen molar-refractivity contribution < 1.29 is 18.6 Å². The van der Waals surface area contributed by atoms with E-state index in [1.165, 1.54) is 0 Å². The Kier molecular flexibility index (Phi) is 2.20. The van der Waals surface area contributed by atoms with Gasteiger partial charge in [0, 0.05) is 29.1 Å². The second-order valence-corrected chi connectivity index (χ2v) is 5.03. The zero-order chi connectivity index (χ0) is 13.1. The zero-order valence-electron chi connectivity index (χ0n) is 10.1. The van der Waals surface area contributed by atoms with E-state index in [1.807, 2.05) is 0 Å². The SMILES string of the molecule is CC1(C)OCCc2[nH]c3c(F)cc(O)c(F)c3c21. The Morgan fingerprint density at radius 2 is 2.11 bits per heavy atom. The first-order valence-corrected chi connectivity index (χ1v) is 5.78. The number of aromatic hydroxyl groups is 1. The van der Waals surface area contributed by atoms with Gasteiger partial charge in [-0.05, 0) is 13.8 Å². The van der Waals surface area contributed by atoms with E-state index < -0.39 is 23.0 Å². The van der Waals surface area contributed by atoms with E-state index in [9.17, 15) is 13.9 Å². The molecule has 1 aliphatic heterocycles. The molecule has 0 atom stereocenters. The van der Waals surface area contributed by atoms with Crippen LogP contribution in [0.15, 0.2) is 6.07 Å². The smallest absolute Gasteiger partial charge is 0.174 e. The Morgan fingerprint density at radius 1 is 1.39 bits per heavy atom. The Morgan fingerprint density at radius 3 is 2.83 bits per heavy atom. The molecular formula is C13H13F2NO2. The minimum absolute atomic E-state index is 0.0900. The van der Waals surface area contributed by atoms with Crippen LogP contribution in [-0.4, -0.2) is 16.7 Å². The second-order valence-electron chi connectivity index (χ2n) is 5.03. The lowest BCUT2D eigenvalue weighted by molar-refractivity contribution is -0.0307. The molecule has 2 aromatic rings. The number of aromatic amines is 1. The molecule has 96 valence electrons. The number of halogens is 2. The Labute approximate surface area is 102 Å². The highest BCUT2D eigenvalue weighted by molar-refractivity contribution is 5.88. The number of phenols is 1. The van der Waals surface area contributed by atoms with Crippen molar-refractivity contribution in [2.75, 3.05) is 6.61 Å². The third kappa shape index (κ3) is 1.37. The molecule has 1 aromatic heterocycles. The van der Waals surface area contributed by atoms with Crippen LogP contribution in [0.1, 0.15) is 25.1 Å². The molecule has 0 aliphatic carbocycles. The van der Waals surface area contributed by atoms with Gasteiger partial charge < -0.3 is 14.8 Å². The standard InChI is InChI=1S/C13H13F2NO2/c1-13(2)10-7(3-4-18-13)16-12-6(14)5-8(17)11(15)9(10)12/h5,16-17H,3-4H2,1-2H3. The van der Waals surface area contributed by atoms with E-state index in [0.29, 0.717) is 18.6 Å². The fraction of sp³-hybridized carbons (Fsp3) is 0.385. The number of ether oxygens (including phenoxy) is 1. The molecule has 1 aromatic carbocycles. The lowest BCUT2D eigenvalue weighted by atomic mass is 9.91. The molecule has 3 nitrogen and oxygen atoms in total. The molecule has 0 saturated carbocycles. The molecule has 0 saturated heterocycles. The van der Waals surface area contributed by atoms with Gasteiger partial charge in [0.15, 0.2) is 17.4 Å². The van der Waals surface area contributed by atoms with Gasteiger partial charge >= 0.3 is 0 Å². The van der Waals surface area contributed by atoms with E-state index in [1.54, 1.807) is 13.8 Å². The van der Waals surface area contributed by atoms with Gasteiger partial charge in [0.1, 0.15) is 0 Å². The summed E-state index contributed by atoms with van der Waals surface area (Å²) in [7, 11) is 0. The largest absolute Gasteiger partial charge is 0.505 e. The molecule has 0 bridgehead atoms. The van der Waals surface area contributed by atoms with Crippen molar-refractivity contribution in [2.24, 2.45) is 0 Å². The van der Waals surface area contributed by atoms with Crippen LogP contribution in [0.25, 0.3) is 10.9 Å². The van der Waals surface area contributed by atoms with Gasteiger partial charge in [0.2, 0.25) is 0 Å². The monoisotopic (exact) mass is 253 g/mol. The molecule has 2 N–H and O–H groups in total. The molecule has 0 unspecified atom stereocenters. The van der Waals surface area contributed by atoms with E-state index in [0.717, 1.165) is 11.8 Å². The summed E-state index contributed by atoms with van der Waals surface area (Å²) < 4.78 is 33.4. The molecule has 0 amide bonds. The minimum Gasteiger partial charge on any atom is -0.505 e. The van der Waals surface area contributed by atoms with Crippen molar-refractivity contribution in [3.05, 3.63) is 29.0 Å². The van der Waals surface area contributed by atoms with Crippen molar-refractivity contribution >= 4 is 10.9 Å². The van der Waals surface area contributed by atoms with Gasteiger partial charge in [0.25, 0.3) is 0 Å². The summed E-state index contributed by atoms with van der Waals surface area (Å²) in [5.41, 5.74) is 0.752. The Hall–Kier alpha value is -1.62. The number of benzene rings is 1. The number of H-pyrrole nitrogens is 1. The first kappa shape index (κ1) is 11.5. The summed E-state index contributed by atoms with van der Waals surface area (Å²) in [4.78, 5) is 2.90.